The van der Waals surface area contributed by atoms with Crippen molar-refractivity contribution in [1.29, 1.82) is 0 Å². The maximum atomic E-state index is 11.5. The molecule has 4 N–H and O–H groups in total. The van der Waals surface area contributed by atoms with E-state index in [4.69, 9.17) is 5.73 Å². The lowest BCUT2D eigenvalue weighted by atomic mass is 10.2. The molecule has 0 spiro atoms. The van der Waals surface area contributed by atoms with Gasteiger partial charge in [-0.2, -0.15) is 0 Å². The van der Waals surface area contributed by atoms with Gasteiger partial charge in [-0.15, -0.1) is 0 Å². The van der Waals surface area contributed by atoms with Crippen molar-refractivity contribution < 1.29 is 9.59 Å². The second kappa shape index (κ2) is 6.49. The zero-order chi connectivity index (χ0) is 16.2. The van der Waals surface area contributed by atoms with Crippen LogP contribution in [-0.4, -0.2) is 21.1 Å². The number of nitrogen functional groups attached to an aromatic ring is 1. The number of carbonyl (C=O) groups excluding carboxylic acids is 2. The van der Waals surface area contributed by atoms with E-state index >= 15 is 0 Å². The quantitative estimate of drug-likeness (QED) is 0.582. The van der Waals surface area contributed by atoms with Gasteiger partial charge in [0.1, 0.15) is 0 Å². The van der Waals surface area contributed by atoms with E-state index in [0.29, 0.717) is 28.8 Å². The van der Waals surface area contributed by atoms with Gasteiger partial charge in [-0.25, -0.2) is 9.97 Å². The summed E-state index contributed by atoms with van der Waals surface area (Å²) >= 11 is 0.853. The summed E-state index contributed by atoms with van der Waals surface area (Å²) in [5.74, 6) is 0.0180. The summed E-state index contributed by atoms with van der Waals surface area (Å²) in [6, 6.07) is 9.17. The Kier molecular flexibility index (Phi) is 4.24. The Bertz CT molecular complexity index is 806. The van der Waals surface area contributed by atoms with Crippen LogP contribution in [0.15, 0.2) is 41.4 Å². The minimum absolute atomic E-state index is 0.315. The van der Waals surface area contributed by atoms with E-state index in [0.717, 1.165) is 17.3 Å². The standard InChI is InChI=1S/C15H13N5O2S/c16-10-3-1-2-9(6-10)8-18-14-17-5-4-11(19-14)7-12-13(21)20-15(22)23-12/h1-7H,8,16H2,(H,17,18,19)(H,20,21,22)/b12-7-. The predicted molar refractivity (Wildman–Crippen MR) is 89.3 cm³/mol. The molecule has 1 fully saturated rings. The fourth-order valence-electron chi connectivity index (χ4n) is 1.98. The number of thioether (sulfide) groups is 1. The minimum Gasteiger partial charge on any atom is -0.399 e. The second-order valence-electron chi connectivity index (χ2n) is 4.76. The lowest BCUT2D eigenvalue weighted by Crippen LogP contribution is -2.17. The molecule has 1 aromatic heterocycles. The number of nitrogens with one attached hydrogen (secondary N) is 2. The third-order valence-corrected chi connectivity index (χ3v) is 3.81. The molecule has 2 heterocycles. The molecule has 2 aromatic rings. The number of benzene rings is 1. The van der Waals surface area contributed by atoms with Gasteiger partial charge < -0.3 is 11.1 Å². The fraction of sp³-hybridized carbons (Fsp3) is 0.0667. The van der Waals surface area contributed by atoms with Crippen molar-refractivity contribution >= 4 is 40.6 Å². The largest absolute Gasteiger partial charge is 0.399 e. The number of rotatable bonds is 4. The first-order chi connectivity index (χ1) is 11.1. The molecular formula is C15H13N5O2S. The van der Waals surface area contributed by atoms with Gasteiger partial charge in [-0.05, 0) is 41.6 Å². The first-order valence-electron chi connectivity index (χ1n) is 6.76. The average molecular weight is 327 g/mol. The van der Waals surface area contributed by atoms with Gasteiger partial charge in [-0.1, -0.05) is 12.1 Å². The van der Waals surface area contributed by atoms with Crippen molar-refractivity contribution in [2.24, 2.45) is 0 Å². The highest BCUT2D eigenvalue weighted by atomic mass is 32.2. The topological polar surface area (TPSA) is 110 Å². The lowest BCUT2D eigenvalue weighted by molar-refractivity contribution is -0.115. The SMILES string of the molecule is Nc1cccc(CNc2nccc(/C=C3\SC(=O)NC3=O)n2)c1. The lowest BCUT2D eigenvalue weighted by Gasteiger charge is -2.06. The van der Waals surface area contributed by atoms with Gasteiger partial charge in [0.05, 0.1) is 10.6 Å². The summed E-state index contributed by atoms with van der Waals surface area (Å²) < 4.78 is 0. The molecule has 23 heavy (non-hydrogen) atoms. The molecule has 0 aliphatic carbocycles. The molecule has 8 heteroatoms. The van der Waals surface area contributed by atoms with Crippen LogP contribution in [0.1, 0.15) is 11.3 Å². The van der Waals surface area contributed by atoms with E-state index in [-0.39, 0.29) is 5.24 Å². The number of nitrogens with two attached hydrogens (primary N) is 1. The number of amides is 2. The van der Waals surface area contributed by atoms with Gasteiger partial charge in [0.25, 0.3) is 11.1 Å². The summed E-state index contributed by atoms with van der Waals surface area (Å²) in [5, 5.41) is 4.91. The summed E-state index contributed by atoms with van der Waals surface area (Å²) in [6.45, 7) is 0.527. The van der Waals surface area contributed by atoms with Gasteiger partial charge in [0, 0.05) is 18.4 Å². The van der Waals surface area contributed by atoms with Gasteiger partial charge in [-0.3, -0.25) is 14.9 Å². The number of aromatic nitrogens is 2. The molecule has 2 amide bonds. The van der Waals surface area contributed by atoms with E-state index < -0.39 is 5.91 Å². The highest BCUT2D eigenvalue weighted by Crippen LogP contribution is 2.25. The minimum atomic E-state index is -0.409. The Morgan fingerprint density at radius 2 is 2.17 bits per heavy atom. The van der Waals surface area contributed by atoms with Crippen LogP contribution in [-0.2, 0) is 11.3 Å². The molecule has 0 atom stereocenters. The number of nitrogens with zero attached hydrogens (tertiary/aromatic N) is 2. The van der Waals surface area contributed by atoms with E-state index in [9.17, 15) is 9.59 Å². The molecule has 0 unspecified atom stereocenters. The van der Waals surface area contributed by atoms with E-state index in [1.165, 1.54) is 0 Å². The van der Waals surface area contributed by atoms with Crippen molar-refractivity contribution in [2.75, 3.05) is 11.1 Å². The van der Waals surface area contributed by atoms with Crippen molar-refractivity contribution in [2.45, 2.75) is 6.54 Å². The third-order valence-electron chi connectivity index (χ3n) is 3.00. The fourth-order valence-corrected chi connectivity index (χ4v) is 2.64. The molecule has 0 bridgehead atoms. The molecule has 116 valence electrons. The average Bonchev–Trinajstić information content (AvgIpc) is 2.83. The zero-order valence-electron chi connectivity index (χ0n) is 11.9. The van der Waals surface area contributed by atoms with Crippen LogP contribution in [0.2, 0.25) is 0 Å². The van der Waals surface area contributed by atoms with Crippen LogP contribution in [0, 0.1) is 0 Å². The maximum Gasteiger partial charge on any atom is 0.290 e. The molecule has 0 saturated carbocycles. The number of hydrogen-bond acceptors (Lipinski definition) is 7. The van der Waals surface area contributed by atoms with Crippen LogP contribution in [0.4, 0.5) is 16.4 Å². The highest BCUT2D eigenvalue weighted by Gasteiger charge is 2.25. The van der Waals surface area contributed by atoms with Crippen LogP contribution in [0.5, 0.6) is 0 Å². The van der Waals surface area contributed by atoms with E-state index in [1.807, 2.05) is 24.3 Å². The highest BCUT2D eigenvalue weighted by molar-refractivity contribution is 8.18. The molecule has 1 aliphatic rings. The van der Waals surface area contributed by atoms with Crippen molar-refractivity contribution in [1.82, 2.24) is 15.3 Å². The Morgan fingerprint density at radius 1 is 1.30 bits per heavy atom. The Hall–Kier alpha value is -2.87. The van der Waals surface area contributed by atoms with Gasteiger partial charge >= 0.3 is 0 Å². The molecule has 3 rings (SSSR count). The normalized spacial score (nSPS) is 15.7. The maximum absolute atomic E-state index is 11.5. The van der Waals surface area contributed by atoms with Gasteiger partial charge in [0.2, 0.25) is 5.95 Å². The number of imide groups is 1. The molecule has 0 radical (unpaired) electrons. The van der Waals surface area contributed by atoms with E-state index in [2.05, 4.69) is 20.6 Å². The summed E-state index contributed by atoms with van der Waals surface area (Å²) in [5.41, 5.74) is 7.98. The molecular weight excluding hydrogens is 314 g/mol. The third kappa shape index (κ3) is 3.86. The first-order valence-corrected chi connectivity index (χ1v) is 7.58. The second-order valence-corrected chi connectivity index (χ2v) is 5.77. The smallest absolute Gasteiger partial charge is 0.290 e. The van der Waals surface area contributed by atoms with Crippen LogP contribution >= 0.6 is 11.8 Å². The van der Waals surface area contributed by atoms with Crippen LogP contribution < -0.4 is 16.4 Å². The molecule has 1 aliphatic heterocycles. The Labute approximate surface area is 136 Å². The Balaban J connectivity index is 1.71. The molecule has 7 nitrogen and oxygen atoms in total. The Morgan fingerprint density at radius 3 is 2.91 bits per heavy atom. The number of anilines is 2. The van der Waals surface area contributed by atoms with Gasteiger partial charge in [0.15, 0.2) is 0 Å². The predicted octanol–water partition coefficient (Wildman–Crippen LogP) is 1.99. The van der Waals surface area contributed by atoms with E-state index in [1.54, 1.807) is 18.3 Å². The van der Waals surface area contributed by atoms with Crippen molar-refractivity contribution in [3.63, 3.8) is 0 Å². The number of carbonyl (C=O) groups is 2. The summed E-state index contributed by atoms with van der Waals surface area (Å²) in [6.07, 6.45) is 3.14. The van der Waals surface area contributed by atoms with Crippen LogP contribution in [0.3, 0.4) is 0 Å². The number of hydrogen-bond donors (Lipinski definition) is 3. The van der Waals surface area contributed by atoms with Crippen LogP contribution in [0.25, 0.3) is 6.08 Å². The zero-order valence-corrected chi connectivity index (χ0v) is 12.8. The van der Waals surface area contributed by atoms with Crippen molar-refractivity contribution in [3.05, 3.63) is 52.7 Å². The van der Waals surface area contributed by atoms with Crippen molar-refractivity contribution in [3.8, 4) is 0 Å². The molecule has 1 saturated heterocycles. The first kappa shape index (κ1) is 15.0. The molecule has 1 aromatic carbocycles. The summed E-state index contributed by atoms with van der Waals surface area (Å²) in [4.78, 5) is 31.4. The monoisotopic (exact) mass is 327 g/mol. The summed E-state index contributed by atoms with van der Waals surface area (Å²) in [7, 11) is 0.